The van der Waals surface area contributed by atoms with Gasteiger partial charge in [0.25, 0.3) is 5.69 Å². The summed E-state index contributed by atoms with van der Waals surface area (Å²) < 4.78 is 0. The number of nitro groups is 1. The molecule has 2 rings (SSSR count). The maximum absolute atomic E-state index is 11.8. The lowest BCUT2D eigenvalue weighted by Gasteiger charge is -2.17. The predicted molar refractivity (Wildman–Crippen MR) is 69.9 cm³/mol. The summed E-state index contributed by atoms with van der Waals surface area (Å²) in [6, 6.07) is 1.43. The van der Waals surface area contributed by atoms with Gasteiger partial charge in [-0.2, -0.15) is 12.6 Å². The first-order chi connectivity index (χ1) is 8.52. The van der Waals surface area contributed by atoms with Crippen LogP contribution in [0.25, 0.3) is 0 Å². The van der Waals surface area contributed by atoms with E-state index in [1.54, 1.807) is 11.8 Å². The van der Waals surface area contributed by atoms with Crippen molar-refractivity contribution in [3.63, 3.8) is 0 Å². The van der Waals surface area contributed by atoms with Crippen LogP contribution in [0.4, 0.5) is 11.5 Å². The summed E-state index contributed by atoms with van der Waals surface area (Å²) in [4.78, 5) is 27.6. The van der Waals surface area contributed by atoms with Gasteiger partial charge in [0.15, 0.2) is 0 Å². The van der Waals surface area contributed by atoms with Gasteiger partial charge in [-0.3, -0.25) is 19.8 Å². The lowest BCUT2D eigenvalue weighted by Crippen LogP contribution is -2.26. The van der Waals surface area contributed by atoms with Crippen molar-refractivity contribution in [1.29, 1.82) is 0 Å². The second-order valence-corrected chi connectivity index (χ2v) is 4.71. The fourth-order valence-electron chi connectivity index (χ4n) is 2.04. The summed E-state index contributed by atoms with van der Waals surface area (Å²) in [5.74, 6) is 1.37. The molecule has 2 heterocycles. The lowest BCUT2D eigenvalue weighted by atomic mass is 10.1. The molecular weight excluding hydrogens is 254 g/mol. The summed E-state index contributed by atoms with van der Waals surface area (Å²) >= 11 is 4.19. The Kier molecular flexibility index (Phi) is 3.51. The zero-order chi connectivity index (χ0) is 13.3. The number of carbonyl (C=O) groups is 1. The minimum Gasteiger partial charge on any atom is -0.296 e. The second kappa shape index (κ2) is 4.93. The van der Waals surface area contributed by atoms with Crippen molar-refractivity contribution in [1.82, 2.24) is 4.98 Å². The fraction of sp³-hybridized carbons (Fsp3) is 0.455. The van der Waals surface area contributed by atoms with Crippen molar-refractivity contribution in [2.24, 2.45) is 5.92 Å². The third kappa shape index (κ3) is 2.31. The molecule has 1 atom stereocenters. The van der Waals surface area contributed by atoms with Gasteiger partial charge in [0.1, 0.15) is 12.0 Å². The molecule has 1 aromatic heterocycles. The molecule has 1 aliphatic heterocycles. The summed E-state index contributed by atoms with van der Waals surface area (Å²) in [6.45, 7) is 2.30. The van der Waals surface area contributed by atoms with Crippen LogP contribution in [0.2, 0.25) is 0 Å². The van der Waals surface area contributed by atoms with E-state index in [4.69, 9.17) is 0 Å². The van der Waals surface area contributed by atoms with Crippen molar-refractivity contribution >= 4 is 30.0 Å². The molecule has 1 aliphatic rings. The van der Waals surface area contributed by atoms with E-state index in [0.717, 1.165) is 0 Å². The molecule has 1 amide bonds. The van der Waals surface area contributed by atoms with E-state index in [1.165, 1.54) is 12.3 Å². The number of aryl methyl sites for hydroxylation is 1. The van der Waals surface area contributed by atoms with E-state index in [2.05, 4.69) is 17.6 Å². The van der Waals surface area contributed by atoms with Gasteiger partial charge in [0, 0.05) is 19.0 Å². The number of pyridine rings is 1. The summed E-state index contributed by atoms with van der Waals surface area (Å²) in [5, 5.41) is 10.6. The third-order valence-electron chi connectivity index (χ3n) is 2.97. The number of amides is 1. The molecule has 7 heteroatoms. The fourth-order valence-corrected chi connectivity index (χ4v) is 2.29. The van der Waals surface area contributed by atoms with Crippen LogP contribution in [0.5, 0.6) is 0 Å². The van der Waals surface area contributed by atoms with Crippen molar-refractivity contribution in [2.45, 2.75) is 13.3 Å². The first-order valence-electron chi connectivity index (χ1n) is 5.55. The highest BCUT2D eigenvalue weighted by Gasteiger charge is 2.31. The number of carbonyl (C=O) groups excluding carboxylic acids is 1. The number of nitrogens with zero attached hydrogens (tertiary/aromatic N) is 3. The van der Waals surface area contributed by atoms with E-state index in [0.29, 0.717) is 30.1 Å². The van der Waals surface area contributed by atoms with Crippen LogP contribution in [0.15, 0.2) is 12.3 Å². The maximum Gasteiger partial charge on any atom is 0.287 e. The molecular formula is C11H13N3O3S. The lowest BCUT2D eigenvalue weighted by molar-refractivity contribution is -0.385. The van der Waals surface area contributed by atoms with Crippen LogP contribution in [0, 0.1) is 23.0 Å². The van der Waals surface area contributed by atoms with Crippen LogP contribution in [0.3, 0.4) is 0 Å². The molecule has 1 saturated heterocycles. The molecule has 1 fully saturated rings. The first kappa shape index (κ1) is 12.8. The Balaban J connectivity index is 2.29. The van der Waals surface area contributed by atoms with Gasteiger partial charge in [0.05, 0.1) is 4.92 Å². The first-order valence-corrected chi connectivity index (χ1v) is 6.18. The highest BCUT2D eigenvalue weighted by Crippen LogP contribution is 2.28. The van der Waals surface area contributed by atoms with Crippen molar-refractivity contribution < 1.29 is 9.72 Å². The van der Waals surface area contributed by atoms with Gasteiger partial charge < -0.3 is 0 Å². The summed E-state index contributed by atoms with van der Waals surface area (Å²) in [6.07, 6.45) is 1.64. The number of hydrogen-bond donors (Lipinski definition) is 1. The van der Waals surface area contributed by atoms with Crippen LogP contribution in [-0.2, 0) is 4.79 Å². The molecule has 0 saturated carbocycles. The highest BCUT2D eigenvalue weighted by atomic mass is 32.1. The van der Waals surface area contributed by atoms with Gasteiger partial charge in [-0.25, -0.2) is 4.98 Å². The molecule has 0 radical (unpaired) electrons. The molecule has 0 aromatic carbocycles. The second-order valence-electron chi connectivity index (χ2n) is 4.35. The Hall–Kier alpha value is -1.63. The zero-order valence-electron chi connectivity index (χ0n) is 9.87. The molecule has 0 aliphatic carbocycles. The van der Waals surface area contributed by atoms with E-state index in [9.17, 15) is 14.9 Å². The molecule has 0 bridgehead atoms. The monoisotopic (exact) mass is 267 g/mol. The topological polar surface area (TPSA) is 76.3 Å². The summed E-state index contributed by atoms with van der Waals surface area (Å²) in [7, 11) is 0. The Morgan fingerprint density at radius 2 is 2.39 bits per heavy atom. The number of thiol groups is 1. The molecule has 6 nitrogen and oxygen atoms in total. The van der Waals surface area contributed by atoms with Crippen molar-refractivity contribution in [3.8, 4) is 0 Å². The molecule has 1 unspecified atom stereocenters. The van der Waals surface area contributed by atoms with Crippen LogP contribution >= 0.6 is 12.6 Å². The molecule has 1 aromatic rings. The van der Waals surface area contributed by atoms with Crippen LogP contribution in [-0.4, -0.2) is 28.1 Å². The number of aromatic nitrogens is 1. The molecule has 0 spiro atoms. The molecule has 96 valence electrons. The van der Waals surface area contributed by atoms with Crippen molar-refractivity contribution in [3.05, 3.63) is 27.9 Å². The highest BCUT2D eigenvalue weighted by molar-refractivity contribution is 7.80. The van der Waals surface area contributed by atoms with Crippen molar-refractivity contribution in [2.75, 3.05) is 17.2 Å². The standard InChI is InChI=1S/C11H13N3O3S/c1-7-2-9(14(16)17)4-12-11(7)13-5-8(6-18)3-10(13)15/h2,4,8,18H,3,5-6H2,1H3. The average molecular weight is 267 g/mol. The Morgan fingerprint density at radius 3 is 2.89 bits per heavy atom. The molecule has 18 heavy (non-hydrogen) atoms. The normalized spacial score (nSPS) is 19.3. The van der Waals surface area contributed by atoms with Gasteiger partial charge in [-0.1, -0.05) is 0 Å². The van der Waals surface area contributed by atoms with E-state index in [-0.39, 0.29) is 17.5 Å². The largest absolute Gasteiger partial charge is 0.296 e. The van der Waals surface area contributed by atoms with Gasteiger partial charge in [0.2, 0.25) is 5.91 Å². The average Bonchev–Trinajstić information content (AvgIpc) is 2.70. The van der Waals surface area contributed by atoms with Gasteiger partial charge in [-0.05, 0) is 24.2 Å². The Labute approximate surface area is 110 Å². The van der Waals surface area contributed by atoms with E-state index in [1.807, 2.05) is 0 Å². The number of anilines is 1. The maximum atomic E-state index is 11.8. The van der Waals surface area contributed by atoms with E-state index >= 15 is 0 Å². The minimum absolute atomic E-state index is 0.00139. The van der Waals surface area contributed by atoms with E-state index < -0.39 is 4.92 Å². The van der Waals surface area contributed by atoms with Crippen LogP contribution in [0.1, 0.15) is 12.0 Å². The minimum atomic E-state index is -0.494. The zero-order valence-corrected chi connectivity index (χ0v) is 10.8. The number of hydrogen-bond acceptors (Lipinski definition) is 5. The van der Waals surface area contributed by atoms with Gasteiger partial charge in [-0.15, -0.1) is 0 Å². The molecule has 0 N–H and O–H groups in total. The third-order valence-corrected chi connectivity index (χ3v) is 3.48. The Morgan fingerprint density at radius 1 is 1.67 bits per heavy atom. The number of rotatable bonds is 3. The summed E-state index contributed by atoms with van der Waals surface area (Å²) in [5.41, 5.74) is 0.575. The smallest absolute Gasteiger partial charge is 0.287 e. The predicted octanol–water partition coefficient (Wildman–Crippen LogP) is 1.58. The quantitative estimate of drug-likeness (QED) is 0.512. The van der Waals surface area contributed by atoms with Gasteiger partial charge >= 0.3 is 0 Å². The van der Waals surface area contributed by atoms with Crippen LogP contribution < -0.4 is 4.90 Å². The Bertz CT molecular complexity index is 506. The SMILES string of the molecule is Cc1cc([N+](=O)[O-])cnc1N1CC(CS)CC1=O.